The summed E-state index contributed by atoms with van der Waals surface area (Å²) in [5, 5.41) is 0.442. The third-order valence-electron chi connectivity index (χ3n) is 3.43. The molecule has 0 bridgehead atoms. The number of rotatable bonds is 2. The number of aryl methyl sites for hydroxylation is 1. The highest BCUT2D eigenvalue weighted by atomic mass is 32.1. The Labute approximate surface area is 135 Å². The van der Waals surface area contributed by atoms with Crippen molar-refractivity contribution in [1.29, 1.82) is 0 Å². The summed E-state index contributed by atoms with van der Waals surface area (Å²) >= 11 is 1.19. The van der Waals surface area contributed by atoms with Crippen molar-refractivity contribution < 1.29 is 14.0 Å². The summed E-state index contributed by atoms with van der Waals surface area (Å²) in [5.74, 6) is -1.24. The second-order valence-electron chi connectivity index (χ2n) is 4.94. The van der Waals surface area contributed by atoms with Crippen LogP contribution in [0.4, 0.5) is 4.39 Å². The zero-order valence-electron chi connectivity index (χ0n) is 12.2. The number of thiophene rings is 1. The lowest BCUT2D eigenvalue weighted by Gasteiger charge is -2.06. The Balaban J connectivity index is 1.78. The fourth-order valence-electron chi connectivity index (χ4n) is 2.30. The van der Waals surface area contributed by atoms with Crippen LogP contribution < -0.4 is 10.9 Å². The number of fused-ring (bicyclic) bond motifs is 1. The lowest BCUT2D eigenvalue weighted by molar-refractivity contribution is 0.0848. The van der Waals surface area contributed by atoms with Gasteiger partial charge in [-0.15, -0.1) is 11.3 Å². The Morgan fingerprint density at radius 1 is 0.957 bits per heavy atom. The van der Waals surface area contributed by atoms with E-state index < -0.39 is 11.8 Å². The summed E-state index contributed by atoms with van der Waals surface area (Å²) in [5.41, 5.74) is 5.73. The number of carbonyl (C=O) groups excluding carboxylic acids is 2. The molecule has 6 heteroatoms. The van der Waals surface area contributed by atoms with Crippen LogP contribution in [0, 0.1) is 12.7 Å². The maximum Gasteiger partial charge on any atom is 0.280 e. The molecule has 3 rings (SSSR count). The molecule has 0 spiro atoms. The molecule has 0 aliphatic heterocycles. The lowest BCUT2D eigenvalue weighted by atomic mass is 10.1. The quantitative estimate of drug-likeness (QED) is 0.708. The first-order valence-electron chi connectivity index (χ1n) is 6.91. The standard InChI is InChI=1S/C17H13FN2O2S/c1-10-14-12(18)8-5-9-13(14)23-15(10)17(22)20-19-16(21)11-6-3-2-4-7-11/h2-9H,1H3,(H,19,21)(H,20,22). The minimum absolute atomic E-state index is 0.358. The number of halogens is 1. The van der Waals surface area contributed by atoms with Crippen LogP contribution in [0.2, 0.25) is 0 Å². The molecule has 0 aliphatic carbocycles. The van der Waals surface area contributed by atoms with Crippen LogP contribution in [0.15, 0.2) is 48.5 Å². The minimum Gasteiger partial charge on any atom is -0.267 e. The van der Waals surface area contributed by atoms with Crippen molar-refractivity contribution in [1.82, 2.24) is 10.9 Å². The molecule has 3 aromatic rings. The molecular weight excluding hydrogens is 315 g/mol. The predicted molar refractivity (Wildman–Crippen MR) is 87.9 cm³/mol. The summed E-state index contributed by atoms with van der Waals surface area (Å²) in [6, 6.07) is 13.3. The molecule has 1 heterocycles. The Bertz CT molecular complexity index is 890. The highest BCUT2D eigenvalue weighted by molar-refractivity contribution is 7.21. The first-order valence-corrected chi connectivity index (χ1v) is 7.73. The van der Waals surface area contributed by atoms with Gasteiger partial charge in [0.05, 0.1) is 4.88 Å². The maximum atomic E-state index is 13.9. The van der Waals surface area contributed by atoms with Crippen LogP contribution in [0.5, 0.6) is 0 Å². The number of benzene rings is 2. The van der Waals surface area contributed by atoms with E-state index >= 15 is 0 Å². The summed E-state index contributed by atoms with van der Waals surface area (Å²) in [4.78, 5) is 24.5. The van der Waals surface area contributed by atoms with E-state index in [1.54, 1.807) is 49.4 Å². The number of hydrazine groups is 1. The second-order valence-corrected chi connectivity index (χ2v) is 6.00. The fraction of sp³-hybridized carbons (Fsp3) is 0.0588. The smallest absolute Gasteiger partial charge is 0.267 e. The van der Waals surface area contributed by atoms with Gasteiger partial charge >= 0.3 is 0 Å². The summed E-state index contributed by atoms with van der Waals surface area (Å²) in [6.07, 6.45) is 0. The third kappa shape index (κ3) is 2.93. The third-order valence-corrected chi connectivity index (χ3v) is 4.69. The highest BCUT2D eigenvalue weighted by Gasteiger charge is 2.18. The van der Waals surface area contributed by atoms with Crippen molar-refractivity contribution in [2.75, 3.05) is 0 Å². The zero-order chi connectivity index (χ0) is 16.4. The van der Waals surface area contributed by atoms with Gasteiger partial charge in [0.2, 0.25) is 0 Å². The van der Waals surface area contributed by atoms with E-state index in [0.29, 0.717) is 26.1 Å². The monoisotopic (exact) mass is 328 g/mol. The number of hydrogen-bond donors (Lipinski definition) is 2. The molecule has 1 aromatic heterocycles. The molecule has 0 saturated carbocycles. The van der Waals surface area contributed by atoms with Gasteiger partial charge in [-0.3, -0.25) is 20.4 Å². The number of nitrogens with one attached hydrogen (secondary N) is 2. The average Bonchev–Trinajstić information content (AvgIpc) is 2.91. The van der Waals surface area contributed by atoms with Crippen LogP contribution in [0.1, 0.15) is 25.6 Å². The number of hydrogen-bond acceptors (Lipinski definition) is 3. The molecule has 0 atom stereocenters. The highest BCUT2D eigenvalue weighted by Crippen LogP contribution is 2.32. The Morgan fingerprint density at radius 2 is 1.65 bits per heavy atom. The van der Waals surface area contributed by atoms with Crippen molar-refractivity contribution in [2.45, 2.75) is 6.92 Å². The number of carbonyl (C=O) groups is 2. The molecule has 0 fully saturated rings. The van der Waals surface area contributed by atoms with Crippen LogP contribution in [-0.2, 0) is 0 Å². The summed E-state index contributed by atoms with van der Waals surface area (Å²) in [6.45, 7) is 1.69. The first-order chi connectivity index (χ1) is 11.1. The maximum absolute atomic E-state index is 13.9. The Morgan fingerprint density at radius 3 is 2.35 bits per heavy atom. The first kappa shape index (κ1) is 15.2. The van der Waals surface area contributed by atoms with Gasteiger partial charge in [0.15, 0.2) is 0 Å². The Hall–Kier alpha value is -2.73. The van der Waals surface area contributed by atoms with Crippen molar-refractivity contribution in [3.05, 3.63) is 70.4 Å². The molecular formula is C17H13FN2O2S. The minimum atomic E-state index is -0.465. The van der Waals surface area contributed by atoms with E-state index in [1.165, 1.54) is 17.4 Å². The number of amides is 2. The van der Waals surface area contributed by atoms with Crippen molar-refractivity contribution in [3.63, 3.8) is 0 Å². The molecule has 4 nitrogen and oxygen atoms in total. The molecule has 0 saturated heterocycles. The largest absolute Gasteiger partial charge is 0.280 e. The van der Waals surface area contributed by atoms with E-state index in [9.17, 15) is 14.0 Å². The predicted octanol–water partition coefficient (Wildman–Crippen LogP) is 3.42. The van der Waals surface area contributed by atoms with E-state index in [-0.39, 0.29) is 5.82 Å². The van der Waals surface area contributed by atoms with Crippen LogP contribution in [0.3, 0.4) is 0 Å². The van der Waals surface area contributed by atoms with Gasteiger partial charge in [0.1, 0.15) is 5.82 Å². The van der Waals surface area contributed by atoms with Gasteiger partial charge < -0.3 is 0 Å². The average molecular weight is 328 g/mol. The molecule has 2 aromatic carbocycles. The van der Waals surface area contributed by atoms with Gasteiger partial charge in [0.25, 0.3) is 11.8 Å². The van der Waals surface area contributed by atoms with Gasteiger partial charge in [-0.05, 0) is 36.8 Å². The van der Waals surface area contributed by atoms with Gasteiger partial charge in [-0.1, -0.05) is 24.3 Å². The van der Waals surface area contributed by atoms with Gasteiger partial charge in [-0.25, -0.2) is 4.39 Å². The van der Waals surface area contributed by atoms with Gasteiger partial charge in [0, 0.05) is 15.6 Å². The van der Waals surface area contributed by atoms with Crippen molar-refractivity contribution in [3.8, 4) is 0 Å². The SMILES string of the molecule is Cc1c(C(=O)NNC(=O)c2ccccc2)sc2cccc(F)c12. The zero-order valence-corrected chi connectivity index (χ0v) is 13.0. The van der Waals surface area contributed by atoms with Gasteiger partial charge in [-0.2, -0.15) is 0 Å². The molecule has 116 valence electrons. The van der Waals surface area contributed by atoms with Crippen molar-refractivity contribution >= 4 is 33.2 Å². The topological polar surface area (TPSA) is 58.2 Å². The van der Waals surface area contributed by atoms with Crippen LogP contribution in [0.25, 0.3) is 10.1 Å². The van der Waals surface area contributed by atoms with Crippen LogP contribution in [-0.4, -0.2) is 11.8 Å². The van der Waals surface area contributed by atoms with Crippen LogP contribution >= 0.6 is 11.3 Å². The fourth-order valence-corrected chi connectivity index (χ4v) is 3.42. The molecule has 0 radical (unpaired) electrons. The van der Waals surface area contributed by atoms with E-state index in [1.807, 2.05) is 0 Å². The van der Waals surface area contributed by atoms with E-state index in [4.69, 9.17) is 0 Å². The molecule has 0 unspecified atom stereocenters. The molecule has 2 amide bonds. The van der Waals surface area contributed by atoms with E-state index in [2.05, 4.69) is 10.9 Å². The normalized spacial score (nSPS) is 10.5. The molecule has 0 aliphatic rings. The summed E-state index contributed by atoms with van der Waals surface area (Å²) in [7, 11) is 0. The van der Waals surface area contributed by atoms with Crippen molar-refractivity contribution in [2.24, 2.45) is 0 Å². The molecule has 2 N–H and O–H groups in total. The lowest BCUT2D eigenvalue weighted by Crippen LogP contribution is -2.41. The summed E-state index contributed by atoms with van der Waals surface area (Å²) < 4.78 is 14.6. The Kier molecular flexibility index (Phi) is 4.08. The second kappa shape index (κ2) is 6.18. The van der Waals surface area contributed by atoms with E-state index in [0.717, 1.165) is 0 Å². The molecule has 23 heavy (non-hydrogen) atoms.